The lowest BCUT2D eigenvalue weighted by atomic mass is 10.2. The standard InChI is InChI=1S/C11H12ClN/c1-2-3-8-13-9-10-6-4-5-7-11(10)12/h2-7,9H,8H2,1H3/b3-2+,13-9?. The third-order valence-electron chi connectivity index (χ3n) is 1.58. The lowest BCUT2D eigenvalue weighted by molar-refractivity contribution is 1.25. The minimum Gasteiger partial charge on any atom is -0.288 e. The highest BCUT2D eigenvalue weighted by Crippen LogP contribution is 2.12. The monoisotopic (exact) mass is 193 g/mol. The van der Waals surface area contributed by atoms with Crippen LogP contribution >= 0.6 is 11.6 Å². The molecule has 0 aliphatic rings. The van der Waals surface area contributed by atoms with Crippen LogP contribution in [0.1, 0.15) is 12.5 Å². The fraction of sp³-hybridized carbons (Fsp3) is 0.182. The van der Waals surface area contributed by atoms with Crippen LogP contribution < -0.4 is 0 Å². The van der Waals surface area contributed by atoms with Crippen LogP contribution in [0.25, 0.3) is 0 Å². The van der Waals surface area contributed by atoms with E-state index in [1.807, 2.05) is 43.3 Å². The SMILES string of the molecule is C/C=C/CN=Cc1ccccc1Cl. The number of rotatable bonds is 3. The van der Waals surface area contributed by atoms with E-state index in [0.717, 1.165) is 10.6 Å². The largest absolute Gasteiger partial charge is 0.288 e. The molecule has 0 aliphatic carbocycles. The molecule has 0 fully saturated rings. The first-order chi connectivity index (χ1) is 6.34. The van der Waals surface area contributed by atoms with Crippen LogP contribution in [0.3, 0.4) is 0 Å². The highest BCUT2D eigenvalue weighted by Gasteiger charge is 1.92. The molecule has 1 aromatic carbocycles. The number of halogens is 1. The number of hydrogen-bond donors (Lipinski definition) is 0. The summed E-state index contributed by atoms with van der Waals surface area (Å²) in [5, 5.41) is 0.742. The minimum absolute atomic E-state index is 0.710. The number of benzene rings is 1. The fourth-order valence-electron chi connectivity index (χ4n) is 0.897. The van der Waals surface area contributed by atoms with Crippen molar-refractivity contribution in [2.45, 2.75) is 6.92 Å². The van der Waals surface area contributed by atoms with E-state index in [0.29, 0.717) is 6.54 Å². The third kappa shape index (κ3) is 3.43. The smallest absolute Gasteiger partial charge is 0.0570 e. The molecule has 0 saturated carbocycles. The van der Waals surface area contributed by atoms with Gasteiger partial charge in [-0.3, -0.25) is 4.99 Å². The van der Waals surface area contributed by atoms with E-state index in [1.165, 1.54) is 0 Å². The zero-order valence-electron chi connectivity index (χ0n) is 7.57. The minimum atomic E-state index is 0.710. The Morgan fingerprint density at radius 1 is 1.38 bits per heavy atom. The van der Waals surface area contributed by atoms with E-state index >= 15 is 0 Å². The Bertz CT molecular complexity index is 316. The summed E-state index contributed by atoms with van der Waals surface area (Å²) in [5.41, 5.74) is 0.966. The van der Waals surface area contributed by atoms with Crippen LogP contribution in [-0.2, 0) is 0 Å². The summed E-state index contributed by atoms with van der Waals surface area (Å²) in [6.45, 7) is 2.69. The molecule has 0 heterocycles. The lowest BCUT2D eigenvalue weighted by Gasteiger charge is -1.94. The predicted molar refractivity (Wildman–Crippen MR) is 58.7 cm³/mol. The molecule has 0 radical (unpaired) electrons. The molecule has 0 N–H and O–H groups in total. The van der Waals surface area contributed by atoms with E-state index < -0.39 is 0 Å². The maximum atomic E-state index is 5.93. The first-order valence-corrected chi connectivity index (χ1v) is 4.58. The molecule has 0 aromatic heterocycles. The molecule has 1 nitrogen and oxygen atoms in total. The van der Waals surface area contributed by atoms with Gasteiger partial charge in [-0.1, -0.05) is 42.0 Å². The first-order valence-electron chi connectivity index (χ1n) is 4.20. The summed E-state index contributed by atoms with van der Waals surface area (Å²) < 4.78 is 0. The number of nitrogens with zero attached hydrogens (tertiary/aromatic N) is 1. The highest BCUT2D eigenvalue weighted by molar-refractivity contribution is 6.33. The molecule has 0 aliphatic heterocycles. The summed E-state index contributed by atoms with van der Waals surface area (Å²) in [5.74, 6) is 0. The molecule has 68 valence electrons. The highest BCUT2D eigenvalue weighted by atomic mass is 35.5. The van der Waals surface area contributed by atoms with Crippen LogP contribution in [0.5, 0.6) is 0 Å². The van der Waals surface area contributed by atoms with E-state index in [9.17, 15) is 0 Å². The van der Waals surface area contributed by atoms with Crippen LogP contribution in [0.4, 0.5) is 0 Å². The topological polar surface area (TPSA) is 12.4 Å². The molecule has 0 atom stereocenters. The van der Waals surface area contributed by atoms with E-state index in [1.54, 1.807) is 6.21 Å². The van der Waals surface area contributed by atoms with Crippen LogP contribution in [0.15, 0.2) is 41.4 Å². The maximum Gasteiger partial charge on any atom is 0.0570 e. The Hall–Kier alpha value is -1.08. The Morgan fingerprint density at radius 2 is 2.15 bits per heavy atom. The van der Waals surface area contributed by atoms with Crippen LogP contribution in [0.2, 0.25) is 5.02 Å². The van der Waals surface area contributed by atoms with Crippen LogP contribution in [-0.4, -0.2) is 12.8 Å². The predicted octanol–water partition coefficient (Wildman–Crippen LogP) is 3.34. The van der Waals surface area contributed by atoms with Crippen molar-refractivity contribution in [2.24, 2.45) is 4.99 Å². The van der Waals surface area contributed by atoms with Gasteiger partial charge >= 0.3 is 0 Å². The van der Waals surface area contributed by atoms with E-state index in [4.69, 9.17) is 11.6 Å². The summed E-state index contributed by atoms with van der Waals surface area (Å²) >= 11 is 5.93. The summed E-state index contributed by atoms with van der Waals surface area (Å²) in [4.78, 5) is 4.20. The normalized spacial score (nSPS) is 11.5. The van der Waals surface area contributed by atoms with Crippen molar-refractivity contribution in [3.63, 3.8) is 0 Å². The quantitative estimate of drug-likeness (QED) is 0.516. The molecule has 0 bridgehead atoms. The maximum absolute atomic E-state index is 5.93. The number of allylic oxidation sites excluding steroid dienone is 1. The second kappa shape index (κ2) is 5.55. The Labute approximate surface area is 83.8 Å². The second-order valence-corrected chi connectivity index (χ2v) is 2.99. The molecule has 13 heavy (non-hydrogen) atoms. The molecule has 0 unspecified atom stereocenters. The zero-order valence-corrected chi connectivity index (χ0v) is 8.33. The molecular formula is C11H12ClN. The fourth-order valence-corrected chi connectivity index (χ4v) is 1.08. The Kier molecular flexibility index (Phi) is 4.27. The van der Waals surface area contributed by atoms with Crippen molar-refractivity contribution in [1.82, 2.24) is 0 Å². The summed E-state index contributed by atoms with van der Waals surface area (Å²) in [6.07, 6.45) is 5.76. The third-order valence-corrected chi connectivity index (χ3v) is 1.93. The first kappa shape index (κ1) is 10.0. The van der Waals surface area contributed by atoms with Gasteiger partial charge in [0.25, 0.3) is 0 Å². The molecule has 1 aromatic rings. The van der Waals surface area contributed by atoms with Gasteiger partial charge in [0.15, 0.2) is 0 Å². The van der Waals surface area contributed by atoms with Crippen molar-refractivity contribution in [3.8, 4) is 0 Å². The lowest BCUT2D eigenvalue weighted by Crippen LogP contribution is -1.83. The summed E-state index contributed by atoms with van der Waals surface area (Å²) in [7, 11) is 0. The van der Waals surface area contributed by atoms with Gasteiger partial charge in [-0.2, -0.15) is 0 Å². The molecule has 0 amide bonds. The van der Waals surface area contributed by atoms with Crippen molar-refractivity contribution in [2.75, 3.05) is 6.54 Å². The second-order valence-electron chi connectivity index (χ2n) is 2.58. The molecule has 0 spiro atoms. The van der Waals surface area contributed by atoms with Crippen molar-refractivity contribution >= 4 is 17.8 Å². The Morgan fingerprint density at radius 3 is 2.85 bits per heavy atom. The van der Waals surface area contributed by atoms with Gasteiger partial charge < -0.3 is 0 Å². The van der Waals surface area contributed by atoms with Gasteiger partial charge in [0.2, 0.25) is 0 Å². The number of aliphatic imine (C=N–C) groups is 1. The van der Waals surface area contributed by atoms with Crippen molar-refractivity contribution < 1.29 is 0 Å². The van der Waals surface area contributed by atoms with E-state index in [2.05, 4.69) is 4.99 Å². The number of hydrogen-bond acceptors (Lipinski definition) is 1. The van der Waals surface area contributed by atoms with Gasteiger partial charge in [0.1, 0.15) is 0 Å². The average molecular weight is 194 g/mol. The van der Waals surface area contributed by atoms with Crippen molar-refractivity contribution in [3.05, 3.63) is 47.0 Å². The van der Waals surface area contributed by atoms with Gasteiger partial charge in [-0.05, 0) is 13.0 Å². The van der Waals surface area contributed by atoms with Gasteiger partial charge in [-0.15, -0.1) is 0 Å². The Balaban J connectivity index is 2.63. The molecular weight excluding hydrogens is 182 g/mol. The van der Waals surface area contributed by atoms with Gasteiger partial charge in [0.05, 0.1) is 6.54 Å². The van der Waals surface area contributed by atoms with E-state index in [-0.39, 0.29) is 0 Å². The molecule has 2 heteroatoms. The van der Waals surface area contributed by atoms with Gasteiger partial charge in [0, 0.05) is 16.8 Å². The average Bonchev–Trinajstić information content (AvgIpc) is 2.15. The van der Waals surface area contributed by atoms with Crippen LogP contribution in [0, 0.1) is 0 Å². The molecule has 1 rings (SSSR count). The summed E-state index contributed by atoms with van der Waals surface area (Å²) in [6, 6.07) is 7.66. The van der Waals surface area contributed by atoms with Crippen molar-refractivity contribution in [1.29, 1.82) is 0 Å². The molecule has 0 saturated heterocycles. The zero-order chi connectivity index (χ0) is 9.52. The van der Waals surface area contributed by atoms with Gasteiger partial charge in [-0.25, -0.2) is 0 Å².